The second-order valence-electron chi connectivity index (χ2n) is 13.2. The highest BCUT2D eigenvalue weighted by atomic mass is 16.6. The maximum atomic E-state index is 12.4. The van der Waals surface area contributed by atoms with Crippen LogP contribution in [0.3, 0.4) is 0 Å². The van der Waals surface area contributed by atoms with Gasteiger partial charge in [-0.3, -0.25) is 9.67 Å². The van der Waals surface area contributed by atoms with Crippen molar-refractivity contribution >= 4 is 24.0 Å². The van der Waals surface area contributed by atoms with Crippen molar-refractivity contribution in [1.29, 1.82) is 0 Å². The third-order valence-electron chi connectivity index (χ3n) is 8.92. The van der Waals surface area contributed by atoms with Crippen LogP contribution in [0.2, 0.25) is 0 Å². The van der Waals surface area contributed by atoms with Gasteiger partial charge in [-0.05, 0) is 84.2 Å². The average Bonchev–Trinajstić information content (AvgIpc) is 3.44. The Labute approximate surface area is 243 Å². The molecule has 1 N–H and O–H groups in total. The number of amides is 1. The lowest BCUT2D eigenvalue weighted by Crippen LogP contribution is -2.45. The molecule has 1 aromatic rings. The number of hydrogen-bond acceptors (Lipinski definition) is 8. The summed E-state index contributed by atoms with van der Waals surface area (Å²) in [5.74, 6) is 0.500. The summed E-state index contributed by atoms with van der Waals surface area (Å²) in [6.07, 6.45) is 15.1. The molecule has 3 saturated heterocycles. The van der Waals surface area contributed by atoms with Crippen LogP contribution in [0.25, 0.3) is 0 Å². The van der Waals surface area contributed by atoms with E-state index >= 15 is 0 Å². The van der Waals surface area contributed by atoms with Crippen molar-refractivity contribution in [2.45, 2.75) is 77.0 Å². The van der Waals surface area contributed by atoms with Crippen LogP contribution in [-0.4, -0.2) is 112 Å². The van der Waals surface area contributed by atoms with E-state index in [0.717, 1.165) is 70.0 Å². The zero-order chi connectivity index (χ0) is 29.0. The number of hydrogen-bond donors (Lipinski definition) is 1. The number of carbonyl (C=O) groups excluding carboxylic acids is 1. The van der Waals surface area contributed by atoms with Gasteiger partial charge in [-0.1, -0.05) is 0 Å². The summed E-state index contributed by atoms with van der Waals surface area (Å²) in [6, 6.07) is -0.461. The molecule has 5 rings (SSSR count). The van der Waals surface area contributed by atoms with Crippen LogP contribution in [0.5, 0.6) is 0 Å². The fourth-order valence-electron chi connectivity index (χ4n) is 6.57. The number of aliphatic imine (C=N–C) groups is 1. The largest absolute Gasteiger partial charge is 0.479 e. The minimum Gasteiger partial charge on any atom is -0.479 e. The third-order valence-corrected chi connectivity index (χ3v) is 8.92. The van der Waals surface area contributed by atoms with Gasteiger partial charge >= 0.3 is 12.1 Å². The molecule has 0 spiro atoms. The van der Waals surface area contributed by atoms with Crippen molar-refractivity contribution in [2.24, 2.45) is 16.8 Å². The van der Waals surface area contributed by atoms with E-state index in [4.69, 9.17) is 4.74 Å². The Morgan fingerprint density at radius 1 is 0.927 bits per heavy atom. The topological polar surface area (TPSA) is 107 Å². The number of carbonyl (C=O) groups is 2. The molecular weight excluding hydrogens is 522 g/mol. The number of aliphatic carboxylic acids is 1. The van der Waals surface area contributed by atoms with Gasteiger partial charge in [0.1, 0.15) is 5.60 Å². The number of aromatic nitrogens is 2. The summed E-state index contributed by atoms with van der Waals surface area (Å²) in [4.78, 5) is 36.8. The van der Waals surface area contributed by atoms with E-state index < -0.39 is 17.6 Å². The van der Waals surface area contributed by atoms with E-state index in [2.05, 4.69) is 19.9 Å². The van der Waals surface area contributed by atoms with Crippen LogP contribution >= 0.6 is 0 Å². The molecule has 1 aromatic heterocycles. The Kier molecular flexibility index (Phi) is 9.33. The number of carboxylic acid groups (broad SMARTS) is 1. The first kappa shape index (κ1) is 29.6. The maximum Gasteiger partial charge on any atom is 0.410 e. The minimum atomic E-state index is -0.925. The lowest BCUT2D eigenvalue weighted by Gasteiger charge is -2.40. The Balaban J connectivity index is 0.992. The van der Waals surface area contributed by atoms with E-state index in [9.17, 15) is 14.7 Å². The highest BCUT2D eigenvalue weighted by Crippen LogP contribution is 2.28. The summed E-state index contributed by atoms with van der Waals surface area (Å²) >= 11 is 0. The van der Waals surface area contributed by atoms with Gasteiger partial charge in [0.2, 0.25) is 0 Å². The zero-order valence-corrected chi connectivity index (χ0v) is 24.9. The van der Waals surface area contributed by atoms with Gasteiger partial charge in [-0.15, -0.1) is 0 Å². The van der Waals surface area contributed by atoms with Gasteiger partial charge in [-0.25, -0.2) is 9.59 Å². The molecule has 0 aromatic carbocycles. The molecule has 1 atom stereocenters. The minimum absolute atomic E-state index is 0.172. The molecule has 41 heavy (non-hydrogen) atoms. The Hall–Kier alpha value is -2.92. The predicted molar refractivity (Wildman–Crippen MR) is 158 cm³/mol. The van der Waals surface area contributed by atoms with Crippen molar-refractivity contribution in [3.8, 4) is 0 Å². The van der Waals surface area contributed by atoms with Crippen LogP contribution in [0.15, 0.2) is 29.8 Å². The normalized spacial score (nSPS) is 24.2. The molecule has 11 heteroatoms. The Morgan fingerprint density at radius 3 is 2.10 bits per heavy atom. The van der Waals surface area contributed by atoms with Crippen LogP contribution in [-0.2, 0) is 9.53 Å². The van der Waals surface area contributed by atoms with Gasteiger partial charge in [0, 0.05) is 64.1 Å². The predicted octanol–water partition coefficient (Wildman–Crippen LogP) is 3.69. The van der Waals surface area contributed by atoms with Gasteiger partial charge in [0.25, 0.3) is 0 Å². The molecule has 0 aliphatic carbocycles. The quantitative estimate of drug-likeness (QED) is 0.530. The molecule has 3 fully saturated rings. The molecular formula is C30H47N7O4. The first-order valence-corrected chi connectivity index (χ1v) is 15.3. The second kappa shape index (κ2) is 12.9. The van der Waals surface area contributed by atoms with Crippen molar-refractivity contribution in [3.63, 3.8) is 0 Å². The van der Waals surface area contributed by atoms with E-state index in [1.54, 1.807) is 23.5 Å². The van der Waals surface area contributed by atoms with E-state index in [1.165, 1.54) is 38.7 Å². The maximum absolute atomic E-state index is 12.4. The van der Waals surface area contributed by atoms with Crippen LogP contribution < -0.4 is 4.90 Å². The summed E-state index contributed by atoms with van der Waals surface area (Å²) < 4.78 is 7.56. The number of anilines is 1. The number of likely N-dealkylation sites (tertiary alicyclic amines) is 3. The standard InChI is InChI=1S/C30H47N7O4/c1-30(2,3)41-29(40)35-15-6-24(7-16-35)21-33-11-4-23(5-12-33)20-34-13-8-25(9-14-34)37-22-26(18-32-37)36-17-10-31-19-27(36)28(38)39/h10,17-19,22-25,27H,4-9,11-16,20-21H2,1-3H3,(H,38,39). The Morgan fingerprint density at radius 2 is 1.51 bits per heavy atom. The average molecular weight is 570 g/mol. The summed E-state index contributed by atoms with van der Waals surface area (Å²) in [6.45, 7) is 14.2. The number of ether oxygens (including phenoxy) is 1. The van der Waals surface area contributed by atoms with Crippen molar-refractivity contribution in [2.75, 3.05) is 57.3 Å². The Bertz CT molecular complexity index is 1090. The molecule has 1 unspecified atom stereocenters. The fraction of sp³-hybridized carbons (Fsp3) is 0.733. The van der Waals surface area contributed by atoms with Gasteiger partial charge in [-0.2, -0.15) is 5.10 Å². The SMILES string of the molecule is CC(C)(C)OC(=O)N1CCC(CN2CCC(CN3CCC(n4cc(N5C=CN=CC5C(=O)O)cn4)CC3)CC2)CC1. The molecule has 0 saturated carbocycles. The third kappa shape index (κ3) is 7.88. The summed E-state index contributed by atoms with van der Waals surface area (Å²) in [5.41, 5.74) is 0.344. The molecule has 0 bridgehead atoms. The molecule has 11 nitrogen and oxygen atoms in total. The lowest BCUT2D eigenvalue weighted by molar-refractivity contribution is -0.136. The molecule has 0 radical (unpaired) electrons. The second-order valence-corrected chi connectivity index (χ2v) is 13.2. The smallest absolute Gasteiger partial charge is 0.410 e. The molecule has 4 aliphatic rings. The lowest BCUT2D eigenvalue weighted by atomic mass is 9.92. The van der Waals surface area contributed by atoms with E-state index in [0.29, 0.717) is 12.0 Å². The highest BCUT2D eigenvalue weighted by Gasteiger charge is 2.31. The number of rotatable bonds is 7. The van der Waals surface area contributed by atoms with Crippen LogP contribution in [0, 0.1) is 11.8 Å². The first-order valence-electron chi connectivity index (χ1n) is 15.3. The number of carboxylic acids is 1. The highest BCUT2D eigenvalue weighted by molar-refractivity contribution is 5.98. The first-order chi connectivity index (χ1) is 19.6. The zero-order valence-electron chi connectivity index (χ0n) is 24.9. The van der Waals surface area contributed by atoms with Gasteiger partial charge in [0.05, 0.1) is 17.9 Å². The molecule has 226 valence electrons. The molecule has 5 heterocycles. The van der Waals surface area contributed by atoms with Crippen molar-refractivity contribution in [1.82, 2.24) is 24.5 Å². The van der Waals surface area contributed by atoms with E-state index in [1.807, 2.05) is 36.5 Å². The summed E-state index contributed by atoms with van der Waals surface area (Å²) in [5, 5.41) is 14.1. The number of piperidine rings is 3. The van der Waals surface area contributed by atoms with E-state index in [-0.39, 0.29) is 6.09 Å². The van der Waals surface area contributed by atoms with Crippen LogP contribution in [0.4, 0.5) is 10.5 Å². The number of nitrogens with zero attached hydrogens (tertiary/aromatic N) is 7. The molecule has 4 aliphatic heterocycles. The van der Waals surface area contributed by atoms with Crippen molar-refractivity contribution < 1.29 is 19.4 Å². The van der Waals surface area contributed by atoms with Crippen molar-refractivity contribution in [3.05, 3.63) is 24.8 Å². The van der Waals surface area contributed by atoms with Gasteiger partial charge < -0.3 is 29.4 Å². The van der Waals surface area contributed by atoms with Crippen LogP contribution in [0.1, 0.15) is 65.3 Å². The molecule has 1 amide bonds. The summed E-state index contributed by atoms with van der Waals surface area (Å²) in [7, 11) is 0. The monoisotopic (exact) mass is 569 g/mol. The fourth-order valence-corrected chi connectivity index (χ4v) is 6.57. The van der Waals surface area contributed by atoms with Gasteiger partial charge in [0.15, 0.2) is 6.04 Å².